The summed E-state index contributed by atoms with van der Waals surface area (Å²) >= 11 is 0. The number of ether oxygens (including phenoxy) is 2. The van der Waals surface area contributed by atoms with E-state index >= 15 is 0 Å². The smallest absolute Gasteiger partial charge is 0.120 e. The van der Waals surface area contributed by atoms with Gasteiger partial charge in [0.15, 0.2) is 0 Å². The highest BCUT2D eigenvalue weighted by atomic mass is 16.5. The van der Waals surface area contributed by atoms with E-state index in [1.54, 1.807) is 7.11 Å². The molecule has 3 nitrogen and oxygen atoms in total. The molecule has 0 aliphatic rings. The Balaban J connectivity index is 2.01. The number of hydrogen-bond acceptors (Lipinski definition) is 3. The zero-order valence-corrected chi connectivity index (χ0v) is 11.5. The fourth-order valence-electron chi connectivity index (χ4n) is 1.79. The molecular formula is C17H18O3. The summed E-state index contributed by atoms with van der Waals surface area (Å²) in [6, 6.07) is 15.3. The van der Waals surface area contributed by atoms with E-state index in [9.17, 15) is 0 Å². The molecule has 0 atom stereocenters. The first kappa shape index (κ1) is 14.2. The molecule has 0 fully saturated rings. The van der Waals surface area contributed by atoms with Gasteiger partial charge in [-0.1, -0.05) is 30.8 Å². The maximum absolute atomic E-state index is 9.08. The van der Waals surface area contributed by atoms with Crippen molar-refractivity contribution in [2.75, 3.05) is 13.7 Å². The van der Waals surface area contributed by atoms with E-state index in [0.717, 1.165) is 22.6 Å². The minimum atomic E-state index is -0.0536. The third-order valence-corrected chi connectivity index (χ3v) is 3.00. The molecule has 104 valence electrons. The van der Waals surface area contributed by atoms with Crippen LogP contribution in [-0.2, 0) is 6.61 Å². The molecule has 0 amide bonds. The molecule has 0 saturated carbocycles. The highest BCUT2D eigenvalue weighted by Crippen LogP contribution is 2.20. The second kappa shape index (κ2) is 6.78. The summed E-state index contributed by atoms with van der Waals surface area (Å²) in [5, 5.41) is 9.08. The summed E-state index contributed by atoms with van der Waals surface area (Å²) in [4.78, 5) is 0. The number of rotatable bonds is 6. The molecule has 0 radical (unpaired) electrons. The first-order valence-electron chi connectivity index (χ1n) is 6.37. The fourth-order valence-corrected chi connectivity index (χ4v) is 1.79. The molecule has 0 heterocycles. The van der Waals surface area contributed by atoms with Crippen molar-refractivity contribution in [3.8, 4) is 11.5 Å². The number of aliphatic hydroxyl groups excluding tert-OH is 1. The number of hydrogen-bond donors (Lipinski definition) is 1. The van der Waals surface area contributed by atoms with Crippen molar-refractivity contribution in [2.45, 2.75) is 6.61 Å². The second-order valence-corrected chi connectivity index (χ2v) is 4.43. The van der Waals surface area contributed by atoms with Crippen LogP contribution in [0, 0.1) is 0 Å². The van der Waals surface area contributed by atoms with Gasteiger partial charge in [0.25, 0.3) is 0 Å². The SMILES string of the molecule is C=C(CO)c1cccc(OCc2ccc(OC)cc2)c1. The minimum absolute atomic E-state index is 0.0536. The molecule has 0 spiro atoms. The lowest BCUT2D eigenvalue weighted by Gasteiger charge is -2.09. The summed E-state index contributed by atoms with van der Waals surface area (Å²) in [7, 11) is 1.64. The Morgan fingerprint density at radius 1 is 1.10 bits per heavy atom. The largest absolute Gasteiger partial charge is 0.497 e. The van der Waals surface area contributed by atoms with Crippen molar-refractivity contribution < 1.29 is 14.6 Å². The first-order chi connectivity index (χ1) is 9.72. The standard InChI is InChI=1S/C17H18O3/c1-13(11-18)15-4-3-5-17(10-15)20-12-14-6-8-16(19-2)9-7-14/h3-10,18H,1,11-12H2,2H3. The van der Waals surface area contributed by atoms with Crippen LogP contribution in [-0.4, -0.2) is 18.8 Å². The third kappa shape index (κ3) is 3.62. The van der Waals surface area contributed by atoms with E-state index < -0.39 is 0 Å². The average Bonchev–Trinajstić information content (AvgIpc) is 2.53. The van der Waals surface area contributed by atoms with Gasteiger partial charge in [0.1, 0.15) is 18.1 Å². The molecule has 3 heteroatoms. The summed E-state index contributed by atoms with van der Waals surface area (Å²) < 4.78 is 10.8. The van der Waals surface area contributed by atoms with E-state index in [1.165, 1.54) is 0 Å². The summed E-state index contributed by atoms with van der Waals surface area (Å²) in [5.74, 6) is 1.59. The van der Waals surface area contributed by atoms with Gasteiger partial charge >= 0.3 is 0 Å². The normalized spacial score (nSPS) is 10.1. The van der Waals surface area contributed by atoms with Crippen LogP contribution in [0.1, 0.15) is 11.1 Å². The van der Waals surface area contributed by atoms with Crippen molar-refractivity contribution >= 4 is 5.57 Å². The maximum atomic E-state index is 9.08. The van der Waals surface area contributed by atoms with Crippen molar-refractivity contribution in [1.29, 1.82) is 0 Å². The molecule has 0 unspecified atom stereocenters. The van der Waals surface area contributed by atoms with Gasteiger partial charge in [-0.25, -0.2) is 0 Å². The quantitative estimate of drug-likeness (QED) is 0.875. The molecule has 0 saturated heterocycles. The van der Waals surface area contributed by atoms with E-state index in [0.29, 0.717) is 12.2 Å². The van der Waals surface area contributed by atoms with Crippen LogP contribution in [0.25, 0.3) is 5.57 Å². The Morgan fingerprint density at radius 2 is 1.85 bits per heavy atom. The van der Waals surface area contributed by atoms with E-state index in [2.05, 4.69) is 6.58 Å². The number of benzene rings is 2. The number of methoxy groups -OCH3 is 1. The van der Waals surface area contributed by atoms with Crippen LogP contribution in [0.5, 0.6) is 11.5 Å². The van der Waals surface area contributed by atoms with Gasteiger partial charge in [0.05, 0.1) is 13.7 Å². The Morgan fingerprint density at radius 3 is 2.50 bits per heavy atom. The van der Waals surface area contributed by atoms with Crippen molar-refractivity contribution in [2.24, 2.45) is 0 Å². The molecule has 1 N–H and O–H groups in total. The molecule has 0 aliphatic carbocycles. The lowest BCUT2D eigenvalue weighted by molar-refractivity contribution is 0.305. The van der Waals surface area contributed by atoms with Gasteiger partial charge in [-0.2, -0.15) is 0 Å². The topological polar surface area (TPSA) is 38.7 Å². The molecule has 0 bridgehead atoms. The molecule has 2 aromatic rings. The first-order valence-corrected chi connectivity index (χ1v) is 6.37. The van der Waals surface area contributed by atoms with Crippen LogP contribution in [0.2, 0.25) is 0 Å². The van der Waals surface area contributed by atoms with Gasteiger partial charge in [-0.15, -0.1) is 0 Å². The zero-order valence-electron chi connectivity index (χ0n) is 11.5. The van der Waals surface area contributed by atoms with Gasteiger partial charge in [0, 0.05) is 0 Å². The van der Waals surface area contributed by atoms with Crippen molar-refractivity contribution in [3.05, 3.63) is 66.2 Å². The summed E-state index contributed by atoms with van der Waals surface area (Å²) in [6.45, 7) is 4.23. The van der Waals surface area contributed by atoms with Gasteiger partial charge < -0.3 is 14.6 Å². The summed E-state index contributed by atoms with van der Waals surface area (Å²) in [6.07, 6.45) is 0. The molecule has 2 aromatic carbocycles. The van der Waals surface area contributed by atoms with Crippen LogP contribution in [0.15, 0.2) is 55.1 Å². The maximum Gasteiger partial charge on any atom is 0.120 e. The van der Waals surface area contributed by atoms with Crippen LogP contribution in [0.3, 0.4) is 0 Å². The Hall–Kier alpha value is -2.26. The Kier molecular flexibility index (Phi) is 4.80. The molecular weight excluding hydrogens is 252 g/mol. The lowest BCUT2D eigenvalue weighted by Crippen LogP contribution is -1.96. The van der Waals surface area contributed by atoms with Crippen LogP contribution < -0.4 is 9.47 Å². The molecule has 0 aliphatic heterocycles. The highest BCUT2D eigenvalue weighted by Gasteiger charge is 2.01. The fraction of sp³-hybridized carbons (Fsp3) is 0.176. The van der Waals surface area contributed by atoms with E-state index in [1.807, 2.05) is 48.5 Å². The number of aliphatic hydroxyl groups is 1. The van der Waals surface area contributed by atoms with E-state index in [4.69, 9.17) is 14.6 Å². The molecule has 20 heavy (non-hydrogen) atoms. The Bertz CT molecular complexity index is 573. The van der Waals surface area contributed by atoms with Gasteiger partial charge in [-0.3, -0.25) is 0 Å². The third-order valence-electron chi connectivity index (χ3n) is 3.00. The van der Waals surface area contributed by atoms with Gasteiger partial charge in [0.2, 0.25) is 0 Å². The predicted octanol–water partition coefficient (Wildman–Crippen LogP) is 3.28. The van der Waals surface area contributed by atoms with Crippen molar-refractivity contribution in [3.63, 3.8) is 0 Å². The average molecular weight is 270 g/mol. The zero-order chi connectivity index (χ0) is 14.4. The minimum Gasteiger partial charge on any atom is -0.497 e. The lowest BCUT2D eigenvalue weighted by atomic mass is 10.1. The second-order valence-electron chi connectivity index (χ2n) is 4.43. The Labute approximate surface area is 119 Å². The summed E-state index contributed by atoms with van der Waals surface area (Å²) in [5.41, 5.74) is 2.64. The highest BCUT2D eigenvalue weighted by molar-refractivity contribution is 5.65. The van der Waals surface area contributed by atoms with Crippen LogP contribution in [0.4, 0.5) is 0 Å². The van der Waals surface area contributed by atoms with Gasteiger partial charge in [-0.05, 0) is 41.0 Å². The molecule has 2 rings (SSSR count). The van der Waals surface area contributed by atoms with E-state index in [-0.39, 0.29) is 6.61 Å². The predicted molar refractivity (Wildman–Crippen MR) is 79.9 cm³/mol. The molecule has 0 aromatic heterocycles. The van der Waals surface area contributed by atoms with Crippen LogP contribution >= 0.6 is 0 Å². The monoisotopic (exact) mass is 270 g/mol. The van der Waals surface area contributed by atoms with Crippen molar-refractivity contribution in [1.82, 2.24) is 0 Å².